The van der Waals surface area contributed by atoms with Crippen molar-refractivity contribution in [2.75, 3.05) is 0 Å². The van der Waals surface area contributed by atoms with Gasteiger partial charge in [0.2, 0.25) is 0 Å². The van der Waals surface area contributed by atoms with Crippen LogP contribution in [0, 0.1) is 28.4 Å². The third-order valence-corrected chi connectivity index (χ3v) is 2.84. The van der Waals surface area contributed by atoms with E-state index >= 15 is 0 Å². The minimum Gasteiger partial charge on any atom is -0.258 e. The van der Waals surface area contributed by atoms with Crippen molar-refractivity contribution < 1.29 is 4.92 Å². The number of hydrogen-bond acceptors (Lipinski definition) is 4. The van der Waals surface area contributed by atoms with Crippen molar-refractivity contribution in [1.82, 2.24) is 4.98 Å². The first-order chi connectivity index (χ1) is 8.04. The number of hydrogen-bond donors (Lipinski definition) is 0. The standard InChI is InChI=1S/C11H6ClN3O2/c1-6-2-8-9(3-10(6)15(16)17)14-5-7(4-13)11(8)12/h2-3,5H,1H3. The molecule has 1 aromatic carbocycles. The Labute approximate surface area is 101 Å². The maximum atomic E-state index is 10.8. The zero-order chi connectivity index (χ0) is 12.6. The van der Waals surface area contributed by atoms with E-state index < -0.39 is 4.92 Å². The first-order valence-electron chi connectivity index (χ1n) is 4.68. The van der Waals surface area contributed by atoms with Crippen LogP contribution in [0.15, 0.2) is 18.3 Å². The summed E-state index contributed by atoms with van der Waals surface area (Å²) < 4.78 is 0. The molecule has 0 amide bonds. The Balaban J connectivity index is 2.84. The summed E-state index contributed by atoms with van der Waals surface area (Å²) in [6.07, 6.45) is 1.31. The van der Waals surface area contributed by atoms with E-state index in [9.17, 15) is 10.1 Å². The van der Waals surface area contributed by atoms with Crippen LogP contribution in [-0.4, -0.2) is 9.91 Å². The number of aryl methyl sites for hydroxylation is 1. The number of benzene rings is 1. The van der Waals surface area contributed by atoms with Gasteiger partial charge in [-0.1, -0.05) is 11.6 Å². The van der Waals surface area contributed by atoms with Crippen LogP contribution in [0.25, 0.3) is 10.9 Å². The number of halogens is 1. The molecule has 2 rings (SSSR count). The SMILES string of the molecule is Cc1cc2c(Cl)c(C#N)cnc2cc1[N+](=O)[O-]. The van der Waals surface area contributed by atoms with E-state index in [1.807, 2.05) is 6.07 Å². The summed E-state index contributed by atoms with van der Waals surface area (Å²) in [4.78, 5) is 14.3. The first-order valence-corrected chi connectivity index (χ1v) is 5.05. The molecule has 5 nitrogen and oxygen atoms in total. The van der Waals surface area contributed by atoms with Gasteiger partial charge >= 0.3 is 0 Å². The third-order valence-electron chi connectivity index (χ3n) is 2.44. The number of pyridine rings is 1. The summed E-state index contributed by atoms with van der Waals surface area (Å²) >= 11 is 6.01. The fraction of sp³-hybridized carbons (Fsp3) is 0.0909. The highest BCUT2D eigenvalue weighted by Gasteiger charge is 2.15. The molecule has 1 heterocycles. The van der Waals surface area contributed by atoms with Gasteiger partial charge in [-0.05, 0) is 13.0 Å². The zero-order valence-corrected chi connectivity index (χ0v) is 9.52. The Hall–Kier alpha value is -2.19. The highest BCUT2D eigenvalue weighted by Crippen LogP contribution is 2.30. The van der Waals surface area contributed by atoms with E-state index in [0.29, 0.717) is 16.5 Å². The van der Waals surface area contributed by atoms with Gasteiger partial charge in [-0.3, -0.25) is 15.1 Å². The summed E-state index contributed by atoms with van der Waals surface area (Å²) in [5.41, 5.74) is 1.14. The van der Waals surface area contributed by atoms with Crippen molar-refractivity contribution in [3.63, 3.8) is 0 Å². The van der Waals surface area contributed by atoms with Crippen LogP contribution in [0.1, 0.15) is 11.1 Å². The molecule has 0 saturated heterocycles. The fourth-order valence-corrected chi connectivity index (χ4v) is 1.82. The van der Waals surface area contributed by atoms with Crippen LogP contribution in [0.4, 0.5) is 5.69 Å². The molecule has 0 atom stereocenters. The van der Waals surface area contributed by atoms with Gasteiger partial charge in [-0.15, -0.1) is 0 Å². The lowest BCUT2D eigenvalue weighted by molar-refractivity contribution is -0.385. The summed E-state index contributed by atoms with van der Waals surface area (Å²) in [5, 5.41) is 20.4. The largest absolute Gasteiger partial charge is 0.274 e. The molecule has 1 aromatic heterocycles. The maximum absolute atomic E-state index is 10.8. The van der Waals surface area contributed by atoms with E-state index in [0.717, 1.165) is 0 Å². The Morgan fingerprint density at radius 3 is 2.82 bits per heavy atom. The lowest BCUT2D eigenvalue weighted by atomic mass is 10.1. The van der Waals surface area contributed by atoms with Crippen molar-refractivity contribution in [3.05, 3.63) is 44.6 Å². The second-order valence-corrected chi connectivity index (χ2v) is 3.89. The number of aromatic nitrogens is 1. The summed E-state index contributed by atoms with van der Waals surface area (Å²) in [5.74, 6) is 0. The van der Waals surface area contributed by atoms with Crippen LogP contribution < -0.4 is 0 Å². The van der Waals surface area contributed by atoms with E-state index in [1.165, 1.54) is 12.3 Å². The first kappa shape index (κ1) is 11.3. The second-order valence-electron chi connectivity index (χ2n) is 3.51. The number of fused-ring (bicyclic) bond motifs is 1. The molecular formula is C11H6ClN3O2. The fourth-order valence-electron chi connectivity index (χ4n) is 1.58. The summed E-state index contributed by atoms with van der Waals surface area (Å²) in [7, 11) is 0. The molecule has 84 valence electrons. The van der Waals surface area contributed by atoms with Crippen molar-refractivity contribution in [2.45, 2.75) is 6.92 Å². The Bertz CT molecular complexity index is 676. The number of nitro benzene ring substituents is 1. The van der Waals surface area contributed by atoms with Gasteiger partial charge in [-0.2, -0.15) is 5.26 Å². The molecule has 17 heavy (non-hydrogen) atoms. The van der Waals surface area contributed by atoms with Gasteiger partial charge in [0.05, 0.1) is 21.0 Å². The number of nitro groups is 1. The van der Waals surface area contributed by atoms with E-state index in [2.05, 4.69) is 4.98 Å². The molecule has 0 bridgehead atoms. The van der Waals surface area contributed by atoms with Crippen molar-refractivity contribution in [3.8, 4) is 6.07 Å². The molecule has 0 aliphatic carbocycles. The van der Waals surface area contributed by atoms with Gasteiger partial charge in [-0.25, -0.2) is 0 Å². The molecule has 0 unspecified atom stereocenters. The van der Waals surface area contributed by atoms with Crippen LogP contribution in [-0.2, 0) is 0 Å². The average Bonchev–Trinajstić information content (AvgIpc) is 2.29. The smallest absolute Gasteiger partial charge is 0.258 e. The molecule has 0 radical (unpaired) electrons. The third kappa shape index (κ3) is 1.79. The van der Waals surface area contributed by atoms with Gasteiger partial charge in [0.1, 0.15) is 6.07 Å². The highest BCUT2D eigenvalue weighted by atomic mass is 35.5. The molecule has 0 spiro atoms. The maximum Gasteiger partial charge on any atom is 0.274 e. The van der Waals surface area contributed by atoms with E-state index in [1.54, 1.807) is 13.0 Å². The monoisotopic (exact) mass is 247 g/mol. The molecule has 6 heteroatoms. The molecule has 2 aromatic rings. The van der Waals surface area contributed by atoms with Crippen LogP contribution in [0.3, 0.4) is 0 Å². The molecule has 0 saturated carbocycles. The van der Waals surface area contributed by atoms with Crippen molar-refractivity contribution in [1.29, 1.82) is 5.26 Å². The van der Waals surface area contributed by atoms with Crippen LogP contribution >= 0.6 is 11.6 Å². The topological polar surface area (TPSA) is 79.8 Å². The second kappa shape index (κ2) is 4.00. The van der Waals surface area contributed by atoms with Gasteiger partial charge in [0.15, 0.2) is 0 Å². The number of nitriles is 1. The molecule has 0 fully saturated rings. The quantitative estimate of drug-likeness (QED) is 0.573. The number of rotatable bonds is 1. The molecule has 0 aliphatic rings. The predicted octanol–water partition coefficient (Wildman–Crippen LogP) is 2.98. The highest BCUT2D eigenvalue weighted by molar-refractivity contribution is 6.36. The summed E-state index contributed by atoms with van der Waals surface area (Å²) in [6, 6.07) is 4.85. The van der Waals surface area contributed by atoms with E-state index in [4.69, 9.17) is 16.9 Å². The van der Waals surface area contributed by atoms with Crippen LogP contribution in [0.2, 0.25) is 5.02 Å². The minimum absolute atomic E-state index is 0.00854. The van der Waals surface area contributed by atoms with Crippen LogP contribution in [0.5, 0.6) is 0 Å². The average molecular weight is 248 g/mol. The number of nitrogens with zero attached hydrogens (tertiary/aromatic N) is 3. The summed E-state index contributed by atoms with van der Waals surface area (Å²) in [6.45, 7) is 1.62. The van der Waals surface area contributed by atoms with Gasteiger partial charge in [0, 0.05) is 23.2 Å². The Morgan fingerprint density at radius 2 is 2.24 bits per heavy atom. The molecule has 0 aliphatic heterocycles. The lowest BCUT2D eigenvalue weighted by Gasteiger charge is -2.03. The predicted molar refractivity (Wildman–Crippen MR) is 62.9 cm³/mol. The Kier molecular flexibility index (Phi) is 2.66. The van der Waals surface area contributed by atoms with Gasteiger partial charge < -0.3 is 0 Å². The molecular weight excluding hydrogens is 242 g/mol. The Morgan fingerprint density at radius 1 is 1.53 bits per heavy atom. The van der Waals surface area contributed by atoms with Crippen molar-refractivity contribution >= 4 is 28.2 Å². The van der Waals surface area contributed by atoms with Gasteiger partial charge in [0.25, 0.3) is 5.69 Å². The lowest BCUT2D eigenvalue weighted by Crippen LogP contribution is -1.93. The van der Waals surface area contributed by atoms with Crippen molar-refractivity contribution in [2.24, 2.45) is 0 Å². The normalized spacial score (nSPS) is 10.2. The molecule has 0 N–H and O–H groups in total. The van der Waals surface area contributed by atoms with E-state index in [-0.39, 0.29) is 16.3 Å². The minimum atomic E-state index is -0.470. The zero-order valence-electron chi connectivity index (χ0n) is 8.77.